The second-order valence-corrected chi connectivity index (χ2v) is 6.85. The van der Waals surface area contributed by atoms with Crippen LogP contribution < -0.4 is 16.3 Å². The molecule has 2 aromatic heterocycles. The van der Waals surface area contributed by atoms with Gasteiger partial charge in [0.2, 0.25) is 5.91 Å². The van der Waals surface area contributed by atoms with Gasteiger partial charge in [-0.25, -0.2) is 4.79 Å². The average Bonchev–Trinajstić information content (AvgIpc) is 2.72. The Balaban J connectivity index is 1.38. The van der Waals surface area contributed by atoms with E-state index in [1.54, 1.807) is 12.4 Å². The molecule has 0 radical (unpaired) electrons. The standard InChI is InChI=1S/C20H23N3O4/c24-18-8-7-17(13-27-18)20(26)22-11-14-3-5-16(6-4-14)19(25)23-12-15-2-1-9-21-10-15/h1-2,7-10,13-14,16H,3-6,11-12H2,(H,22,26)(H,23,25). The van der Waals surface area contributed by atoms with Gasteiger partial charge in [0.15, 0.2) is 0 Å². The second-order valence-electron chi connectivity index (χ2n) is 6.85. The predicted octanol–water partition coefficient (Wildman–Crippen LogP) is 1.89. The van der Waals surface area contributed by atoms with Gasteiger partial charge < -0.3 is 15.1 Å². The molecule has 0 aliphatic heterocycles. The summed E-state index contributed by atoms with van der Waals surface area (Å²) >= 11 is 0. The molecule has 142 valence electrons. The maximum atomic E-state index is 12.3. The SMILES string of the molecule is O=C(NCC1CCC(C(=O)NCc2cccnc2)CC1)c1ccc(=O)oc1. The van der Waals surface area contributed by atoms with E-state index < -0.39 is 5.63 Å². The van der Waals surface area contributed by atoms with Gasteiger partial charge in [0, 0.05) is 37.5 Å². The zero-order valence-corrected chi connectivity index (χ0v) is 15.0. The normalized spacial score (nSPS) is 19.3. The summed E-state index contributed by atoms with van der Waals surface area (Å²) in [5.74, 6) is 0.208. The molecule has 7 nitrogen and oxygen atoms in total. The molecule has 2 heterocycles. The number of aromatic nitrogens is 1. The Morgan fingerprint density at radius 3 is 2.59 bits per heavy atom. The van der Waals surface area contributed by atoms with Gasteiger partial charge in [0.05, 0.1) is 5.56 Å². The first-order chi connectivity index (χ1) is 13.1. The Morgan fingerprint density at radius 1 is 1.11 bits per heavy atom. The van der Waals surface area contributed by atoms with Crippen LogP contribution in [0.2, 0.25) is 0 Å². The summed E-state index contributed by atoms with van der Waals surface area (Å²) in [7, 11) is 0. The van der Waals surface area contributed by atoms with Crippen LogP contribution >= 0.6 is 0 Å². The lowest BCUT2D eigenvalue weighted by molar-refractivity contribution is -0.126. The van der Waals surface area contributed by atoms with Crippen molar-refractivity contribution in [1.82, 2.24) is 15.6 Å². The lowest BCUT2D eigenvalue weighted by Gasteiger charge is -2.27. The van der Waals surface area contributed by atoms with E-state index in [-0.39, 0.29) is 17.7 Å². The van der Waals surface area contributed by atoms with E-state index in [4.69, 9.17) is 4.42 Å². The summed E-state index contributed by atoms with van der Waals surface area (Å²) in [6.07, 6.45) is 8.06. The minimum Gasteiger partial charge on any atom is -0.430 e. The minimum atomic E-state index is -0.480. The van der Waals surface area contributed by atoms with Crippen LogP contribution in [0.1, 0.15) is 41.6 Å². The summed E-state index contributed by atoms with van der Waals surface area (Å²) < 4.78 is 4.70. The molecule has 0 unspecified atom stereocenters. The van der Waals surface area contributed by atoms with Crippen molar-refractivity contribution in [2.45, 2.75) is 32.2 Å². The molecule has 2 aromatic rings. The van der Waals surface area contributed by atoms with Crippen molar-refractivity contribution in [2.75, 3.05) is 6.54 Å². The largest absolute Gasteiger partial charge is 0.430 e. The molecule has 27 heavy (non-hydrogen) atoms. The van der Waals surface area contributed by atoms with E-state index >= 15 is 0 Å². The van der Waals surface area contributed by atoms with E-state index in [1.165, 1.54) is 18.4 Å². The molecule has 0 atom stereocenters. The molecule has 1 aliphatic rings. The molecule has 0 spiro atoms. The highest BCUT2D eigenvalue weighted by atomic mass is 16.4. The van der Waals surface area contributed by atoms with Crippen LogP contribution in [0.5, 0.6) is 0 Å². The third kappa shape index (κ3) is 5.51. The molecular formula is C20H23N3O4. The molecule has 0 aromatic carbocycles. The fourth-order valence-electron chi connectivity index (χ4n) is 3.29. The van der Waals surface area contributed by atoms with Gasteiger partial charge in [0.1, 0.15) is 6.26 Å². The summed E-state index contributed by atoms with van der Waals surface area (Å²) in [4.78, 5) is 39.3. The molecule has 1 saturated carbocycles. The Hall–Kier alpha value is -2.96. The van der Waals surface area contributed by atoms with Crippen LogP contribution in [-0.4, -0.2) is 23.3 Å². The van der Waals surface area contributed by atoms with Crippen molar-refractivity contribution < 1.29 is 14.0 Å². The first kappa shape index (κ1) is 18.8. The second kappa shape index (κ2) is 9.12. The lowest BCUT2D eigenvalue weighted by atomic mass is 9.81. The maximum absolute atomic E-state index is 12.3. The summed E-state index contributed by atoms with van der Waals surface area (Å²) in [6, 6.07) is 6.46. The first-order valence-electron chi connectivity index (χ1n) is 9.15. The molecule has 2 amide bonds. The Kier molecular flexibility index (Phi) is 6.35. The Labute approximate surface area is 157 Å². The highest BCUT2D eigenvalue weighted by Gasteiger charge is 2.26. The number of hydrogen-bond acceptors (Lipinski definition) is 5. The Bertz CT molecular complexity index is 806. The zero-order valence-electron chi connectivity index (χ0n) is 15.0. The van der Waals surface area contributed by atoms with Crippen molar-refractivity contribution in [2.24, 2.45) is 11.8 Å². The number of carbonyl (C=O) groups excluding carboxylic acids is 2. The van der Waals surface area contributed by atoms with Gasteiger partial charge >= 0.3 is 5.63 Å². The minimum absolute atomic E-state index is 0.0250. The van der Waals surface area contributed by atoms with Crippen LogP contribution in [0.4, 0.5) is 0 Å². The smallest absolute Gasteiger partial charge is 0.335 e. The molecule has 3 rings (SSSR count). The average molecular weight is 369 g/mol. The predicted molar refractivity (Wildman–Crippen MR) is 98.8 cm³/mol. The van der Waals surface area contributed by atoms with Crippen molar-refractivity contribution in [3.8, 4) is 0 Å². The highest BCUT2D eigenvalue weighted by molar-refractivity contribution is 5.93. The summed E-state index contributed by atoms with van der Waals surface area (Å²) in [6.45, 7) is 1.05. The first-order valence-corrected chi connectivity index (χ1v) is 9.15. The molecule has 0 saturated heterocycles. The van der Waals surface area contributed by atoms with Gasteiger partial charge in [-0.05, 0) is 49.3 Å². The fourth-order valence-corrected chi connectivity index (χ4v) is 3.29. The third-order valence-electron chi connectivity index (χ3n) is 4.92. The third-order valence-corrected chi connectivity index (χ3v) is 4.92. The van der Waals surface area contributed by atoms with Crippen molar-refractivity contribution in [3.63, 3.8) is 0 Å². The van der Waals surface area contributed by atoms with Gasteiger partial charge in [-0.1, -0.05) is 6.07 Å². The number of nitrogens with one attached hydrogen (secondary N) is 2. The molecular weight excluding hydrogens is 346 g/mol. The fraction of sp³-hybridized carbons (Fsp3) is 0.400. The van der Waals surface area contributed by atoms with Crippen molar-refractivity contribution >= 4 is 11.8 Å². The topological polar surface area (TPSA) is 101 Å². The summed E-state index contributed by atoms with van der Waals surface area (Å²) in [5, 5.41) is 5.85. The molecule has 2 N–H and O–H groups in total. The van der Waals surface area contributed by atoms with Crippen LogP contribution in [0, 0.1) is 11.8 Å². The van der Waals surface area contributed by atoms with Gasteiger partial charge in [-0.15, -0.1) is 0 Å². The number of rotatable bonds is 6. The number of carbonyl (C=O) groups is 2. The highest BCUT2D eigenvalue weighted by Crippen LogP contribution is 2.28. The zero-order chi connectivity index (χ0) is 19.1. The summed E-state index contributed by atoms with van der Waals surface area (Å²) in [5.41, 5.74) is 0.837. The van der Waals surface area contributed by atoms with Crippen LogP contribution in [0.25, 0.3) is 0 Å². The Morgan fingerprint density at radius 2 is 1.93 bits per heavy atom. The van der Waals surface area contributed by atoms with E-state index in [9.17, 15) is 14.4 Å². The van der Waals surface area contributed by atoms with Crippen LogP contribution in [-0.2, 0) is 11.3 Å². The molecule has 0 bridgehead atoms. The van der Waals surface area contributed by atoms with Gasteiger partial charge in [0.25, 0.3) is 5.91 Å². The van der Waals surface area contributed by atoms with Crippen molar-refractivity contribution in [3.05, 3.63) is 64.5 Å². The molecule has 1 aliphatic carbocycles. The lowest BCUT2D eigenvalue weighted by Crippen LogP contribution is -2.36. The van der Waals surface area contributed by atoms with E-state index in [0.29, 0.717) is 24.6 Å². The number of nitrogens with zero attached hydrogens (tertiary/aromatic N) is 1. The number of amides is 2. The quantitative estimate of drug-likeness (QED) is 0.810. The van der Waals surface area contributed by atoms with Crippen LogP contribution in [0.3, 0.4) is 0 Å². The molecule has 1 fully saturated rings. The van der Waals surface area contributed by atoms with Gasteiger partial charge in [-0.3, -0.25) is 14.6 Å². The monoisotopic (exact) mass is 369 g/mol. The number of hydrogen-bond donors (Lipinski definition) is 2. The van der Waals surface area contributed by atoms with Crippen LogP contribution in [0.15, 0.2) is 52.1 Å². The maximum Gasteiger partial charge on any atom is 0.335 e. The van der Waals surface area contributed by atoms with Crippen molar-refractivity contribution in [1.29, 1.82) is 0 Å². The number of pyridine rings is 1. The molecule has 7 heteroatoms. The van der Waals surface area contributed by atoms with E-state index in [0.717, 1.165) is 31.2 Å². The van der Waals surface area contributed by atoms with Gasteiger partial charge in [-0.2, -0.15) is 0 Å². The van der Waals surface area contributed by atoms with E-state index in [2.05, 4.69) is 15.6 Å². The van der Waals surface area contributed by atoms with E-state index in [1.807, 2.05) is 12.1 Å².